The maximum Gasteiger partial charge on any atom is 0.312 e. The van der Waals surface area contributed by atoms with Gasteiger partial charge in [-0.1, -0.05) is 68.4 Å². The lowest BCUT2D eigenvalue weighted by Crippen LogP contribution is -2.41. The van der Waals surface area contributed by atoms with Gasteiger partial charge in [0.2, 0.25) is 5.91 Å². The molecule has 0 bridgehead atoms. The van der Waals surface area contributed by atoms with Crippen LogP contribution in [0.3, 0.4) is 0 Å². The molecule has 0 aromatic heterocycles. The fourth-order valence-corrected chi connectivity index (χ4v) is 3.76. The molecule has 0 fully saturated rings. The van der Waals surface area contributed by atoms with Crippen molar-refractivity contribution in [3.63, 3.8) is 0 Å². The third kappa shape index (κ3) is 3.79. The van der Waals surface area contributed by atoms with Gasteiger partial charge < -0.3 is 10.0 Å². The number of hydrogen-bond acceptors (Lipinski definition) is 2. The van der Waals surface area contributed by atoms with E-state index >= 15 is 0 Å². The summed E-state index contributed by atoms with van der Waals surface area (Å²) >= 11 is 0. The Bertz CT molecular complexity index is 785. The van der Waals surface area contributed by atoms with E-state index in [1.165, 1.54) is 0 Å². The van der Waals surface area contributed by atoms with Crippen molar-refractivity contribution in [2.24, 2.45) is 5.92 Å². The second kappa shape index (κ2) is 7.73. The maximum absolute atomic E-state index is 13.0. The summed E-state index contributed by atoms with van der Waals surface area (Å²) in [4.78, 5) is 26.4. The average Bonchev–Trinajstić information content (AvgIpc) is 2.65. The van der Waals surface area contributed by atoms with Gasteiger partial charge in [0.05, 0.1) is 5.92 Å². The molecule has 136 valence electrons. The van der Waals surface area contributed by atoms with E-state index in [-0.39, 0.29) is 18.4 Å². The van der Waals surface area contributed by atoms with Crippen LogP contribution in [0.5, 0.6) is 0 Å². The molecule has 0 radical (unpaired) electrons. The number of aliphatic carboxylic acids is 1. The Labute approximate surface area is 154 Å². The van der Waals surface area contributed by atoms with Gasteiger partial charge >= 0.3 is 5.97 Å². The number of carbonyl (C=O) groups excluding carboxylic acids is 1. The smallest absolute Gasteiger partial charge is 0.312 e. The van der Waals surface area contributed by atoms with Crippen molar-refractivity contribution in [3.8, 4) is 0 Å². The highest BCUT2D eigenvalue weighted by Crippen LogP contribution is 2.32. The van der Waals surface area contributed by atoms with Crippen molar-refractivity contribution < 1.29 is 14.7 Å². The molecule has 1 heterocycles. The molecule has 2 aromatic carbocycles. The summed E-state index contributed by atoms with van der Waals surface area (Å²) in [6.45, 7) is 4.97. The van der Waals surface area contributed by atoms with Crippen LogP contribution in [0.15, 0.2) is 54.6 Å². The van der Waals surface area contributed by atoms with Crippen molar-refractivity contribution in [3.05, 3.63) is 71.3 Å². The van der Waals surface area contributed by atoms with Gasteiger partial charge in [-0.25, -0.2) is 0 Å². The van der Waals surface area contributed by atoms with Crippen LogP contribution in [0.4, 0.5) is 0 Å². The Kier molecular flexibility index (Phi) is 5.40. The first kappa shape index (κ1) is 18.2. The molecule has 4 heteroatoms. The van der Waals surface area contributed by atoms with E-state index in [1.54, 1.807) is 4.90 Å². The predicted octanol–water partition coefficient (Wildman–Crippen LogP) is 4.03. The highest BCUT2D eigenvalue weighted by molar-refractivity contribution is 5.82. The lowest BCUT2D eigenvalue weighted by Gasteiger charge is -2.34. The standard InChI is InChI=1S/C22H25NO3/c1-15(2)19(16-8-4-3-5-9-16)12-21(24)23-13-17-10-6-7-11-18(17)20(14-23)22(25)26/h3-11,15,19-20H,12-14H2,1-2H3,(H,25,26). The first-order valence-corrected chi connectivity index (χ1v) is 9.10. The number of carbonyl (C=O) groups is 2. The van der Waals surface area contributed by atoms with Crippen LogP contribution in [0, 0.1) is 5.92 Å². The molecular weight excluding hydrogens is 326 g/mol. The molecule has 1 amide bonds. The summed E-state index contributed by atoms with van der Waals surface area (Å²) in [5, 5.41) is 9.59. The van der Waals surface area contributed by atoms with Gasteiger partial charge in [0.25, 0.3) is 0 Å². The third-order valence-corrected chi connectivity index (χ3v) is 5.27. The predicted molar refractivity (Wildman–Crippen MR) is 101 cm³/mol. The molecule has 1 N–H and O–H groups in total. The van der Waals surface area contributed by atoms with E-state index in [0.717, 1.165) is 16.7 Å². The molecule has 0 saturated heterocycles. The third-order valence-electron chi connectivity index (χ3n) is 5.27. The normalized spacial score (nSPS) is 17.7. The van der Waals surface area contributed by atoms with Crippen LogP contribution >= 0.6 is 0 Å². The molecule has 26 heavy (non-hydrogen) atoms. The molecular formula is C22H25NO3. The van der Waals surface area contributed by atoms with Crippen LogP contribution in [0.1, 0.15) is 48.8 Å². The molecule has 1 aliphatic rings. The lowest BCUT2D eigenvalue weighted by molar-refractivity contribution is -0.141. The summed E-state index contributed by atoms with van der Waals surface area (Å²) in [7, 11) is 0. The van der Waals surface area contributed by atoms with Crippen molar-refractivity contribution in [2.45, 2.75) is 38.6 Å². The molecule has 0 spiro atoms. The monoisotopic (exact) mass is 351 g/mol. The fraction of sp³-hybridized carbons (Fsp3) is 0.364. The van der Waals surface area contributed by atoms with Gasteiger partial charge in [-0.15, -0.1) is 0 Å². The molecule has 1 aliphatic heterocycles. The Morgan fingerprint density at radius 1 is 1.08 bits per heavy atom. The van der Waals surface area contributed by atoms with Crippen LogP contribution in [0.25, 0.3) is 0 Å². The largest absolute Gasteiger partial charge is 0.481 e. The number of benzene rings is 2. The van der Waals surface area contributed by atoms with Gasteiger partial charge in [-0.05, 0) is 28.5 Å². The molecule has 3 rings (SSSR count). The number of carboxylic acid groups (broad SMARTS) is 1. The zero-order chi connectivity index (χ0) is 18.7. The number of amides is 1. The maximum atomic E-state index is 13.0. The van der Waals surface area contributed by atoms with Gasteiger partial charge in [-0.3, -0.25) is 9.59 Å². The first-order valence-electron chi connectivity index (χ1n) is 9.10. The molecule has 4 nitrogen and oxygen atoms in total. The number of carboxylic acids is 1. The quantitative estimate of drug-likeness (QED) is 0.885. The van der Waals surface area contributed by atoms with Crippen molar-refractivity contribution in [1.29, 1.82) is 0 Å². The van der Waals surface area contributed by atoms with Crippen molar-refractivity contribution in [1.82, 2.24) is 4.90 Å². The number of nitrogens with zero attached hydrogens (tertiary/aromatic N) is 1. The second-order valence-corrected chi connectivity index (χ2v) is 7.33. The number of fused-ring (bicyclic) bond motifs is 1. The minimum absolute atomic E-state index is 0.0216. The van der Waals surface area contributed by atoms with Gasteiger partial charge in [0.15, 0.2) is 0 Å². The molecule has 0 saturated carbocycles. The van der Waals surface area contributed by atoms with E-state index < -0.39 is 11.9 Å². The summed E-state index contributed by atoms with van der Waals surface area (Å²) in [5.74, 6) is -1.05. The van der Waals surface area contributed by atoms with Crippen molar-refractivity contribution in [2.75, 3.05) is 6.54 Å². The highest BCUT2D eigenvalue weighted by Gasteiger charge is 2.33. The van der Waals surface area contributed by atoms with Crippen LogP contribution in [-0.2, 0) is 16.1 Å². The van der Waals surface area contributed by atoms with E-state index in [0.29, 0.717) is 18.9 Å². The SMILES string of the molecule is CC(C)C(CC(=O)N1Cc2ccccc2C(C(=O)O)C1)c1ccccc1. The van der Waals surface area contributed by atoms with Gasteiger partial charge in [-0.2, -0.15) is 0 Å². The molecule has 2 aromatic rings. The summed E-state index contributed by atoms with van der Waals surface area (Å²) < 4.78 is 0. The van der Waals surface area contributed by atoms with Crippen LogP contribution in [0.2, 0.25) is 0 Å². The van der Waals surface area contributed by atoms with Gasteiger partial charge in [0.1, 0.15) is 0 Å². The first-order chi connectivity index (χ1) is 12.5. The van der Waals surface area contributed by atoms with E-state index in [2.05, 4.69) is 26.0 Å². The fourth-order valence-electron chi connectivity index (χ4n) is 3.76. The summed E-state index contributed by atoms with van der Waals surface area (Å²) in [6, 6.07) is 17.6. The Balaban J connectivity index is 1.80. The topological polar surface area (TPSA) is 57.6 Å². The summed E-state index contributed by atoms with van der Waals surface area (Å²) in [5.41, 5.74) is 2.91. The average molecular weight is 351 g/mol. The lowest BCUT2D eigenvalue weighted by atomic mass is 9.84. The minimum Gasteiger partial charge on any atom is -0.481 e. The molecule has 2 atom stereocenters. The Hall–Kier alpha value is -2.62. The minimum atomic E-state index is -0.876. The highest BCUT2D eigenvalue weighted by atomic mass is 16.4. The molecule has 0 aliphatic carbocycles. The van der Waals surface area contributed by atoms with E-state index in [9.17, 15) is 14.7 Å². The Morgan fingerprint density at radius 3 is 2.38 bits per heavy atom. The van der Waals surface area contributed by atoms with Crippen molar-refractivity contribution >= 4 is 11.9 Å². The van der Waals surface area contributed by atoms with Crippen LogP contribution in [-0.4, -0.2) is 28.4 Å². The zero-order valence-corrected chi connectivity index (χ0v) is 15.3. The summed E-state index contributed by atoms with van der Waals surface area (Å²) in [6.07, 6.45) is 0.399. The number of hydrogen-bond donors (Lipinski definition) is 1. The second-order valence-electron chi connectivity index (χ2n) is 7.33. The van der Waals surface area contributed by atoms with Gasteiger partial charge in [0, 0.05) is 19.5 Å². The zero-order valence-electron chi connectivity index (χ0n) is 15.3. The molecule has 2 unspecified atom stereocenters. The van der Waals surface area contributed by atoms with E-state index in [4.69, 9.17) is 0 Å². The Morgan fingerprint density at radius 2 is 1.73 bits per heavy atom. The van der Waals surface area contributed by atoms with Crippen LogP contribution < -0.4 is 0 Å². The number of rotatable bonds is 5. The van der Waals surface area contributed by atoms with E-state index in [1.807, 2.05) is 42.5 Å².